The molecule has 5 atom stereocenters. The number of hydrogen-bond donors (Lipinski definition) is 1. The van der Waals surface area contributed by atoms with Crippen LogP contribution in [-0.2, 0) is 0 Å². The second-order valence-corrected chi connectivity index (χ2v) is 8.55. The van der Waals surface area contributed by atoms with Crippen LogP contribution in [-0.4, -0.2) is 10.7 Å². The topological polar surface area (TPSA) is 20.2 Å². The molecule has 3 rings (SSSR count). The first kappa shape index (κ1) is 14.6. The Morgan fingerprint density at radius 1 is 1.15 bits per heavy atom. The Balaban J connectivity index is 1.89. The fraction of sp³-hybridized carbons (Fsp3) is 0.895. The molecule has 0 aromatic rings. The minimum Gasteiger partial charge on any atom is -0.390 e. The molecule has 0 aliphatic heterocycles. The van der Waals surface area contributed by atoms with Crippen molar-refractivity contribution in [3.63, 3.8) is 0 Å². The van der Waals surface area contributed by atoms with E-state index in [0.717, 1.165) is 24.2 Å². The van der Waals surface area contributed by atoms with Crippen LogP contribution in [0.15, 0.2) is 11.6 Å². The largest absolute Gasteiger partial charge is 0.390 e. The summed E-state index contributed by atoms with van der Waals surface area (Å²) in [6, 6.07) is 0. The number of hydrogen-bond acceptors (Lipinski definition) is 1. The van der Waals surface area contributed by atoms with Crippen molar-refractivity contribution in [1.29, 1.82) is 0 Å². The van der Waals surface area contributed by atoms with Gasteiger partial charge in [0.1, 0.15) is 0 Å². The van der Waals surface area contributed by atoms with Crippen LogP contribution < -0.4 is 0 Å². The molecular weight excluding hydrogens is 244 g/mol. The summed E-state index contributed by atoms with van der Waals surface area (Å²) in [5, 5.41) is 10.8. The zero-order chi connectivity index (χ0) is 14.5. The van der Waals surface area contributed by atoms with Crippen molar-refractivity contribution in [1.82, 2.24) is 0 Å². The van der Waals surface area contributed by atoms with Crippen molar-refractivity contribution < 1.29 is 5.11 Å². The Morgan fingerprint density at radius 2 is 1.90 bits per heavy atom. The molecule has 0 aromatic carbocycles. The van der Waals surface area contributed by atoms with Gasteiger partial charge < -0.3 is 5.11 Å². The van der Waals surface area contributed by atoms with E-state index in [9.17, 15) is 5.11 Å². The summed E-state index contributed by atoms with van der Waals surface area (Å²) in [6.07, 6.45) is 11.4. The minimum atomic E-state index is -0.417. The van der Waals surface area contributed by atoms with Gasteiger partial charge in [-0.2, -0.15) is 0 Å². The zero-order valence-electron chi connectivity index (χ0n) is 13.8. The van der Waals surface area contributed by atoms with E-state index >= 15 is 0 Å². The Labute approximate surface area is 124 Å². The van der Waals surface area contributed by atoms with Crippen LogP contribution in [0.3, 0.4) is 0 Å². The van der Waals surface area contributed by atoms with Crippen molar-refractivity contribution in [3.05, 3.63) is 11.6 Å². The second-order valence-electron chi connectivity index (χ2n) is 8.55. The molecule has 0 radical (unpaired) electrons. The molecule has 1 nitrogen and oxygen atoms in total. The number of rotatable bonds is 1. The molecule has 2 fully saturated rings. The maximum Gasteiger partial charge on any atom is 0.0653 e. The molecular formula is C19H32O. The van der Waals surface area contributed by atoms with Crippen LogP contribution in [0.25, 0.3) is 0 Å². The predicted molar refractivity (Wildman–Crippen MR) is 84.4 cm³/mol. The van der Waals surface area contributed by atoms with E-state index in [1.54, 1.807) is 5.57 Å². The first-order valence-corrected chi connectivity index (χ1v) is 8.77. The van der Waals surface area contributed by atoms with E-state index in [4.69, 9.17) is 0 Å². The summed E-state index contributed by atoms with van der Waals surface area (Å²) < 4.78 is 0. The summed E-state index contributed by atoms with van der Waals surface area (Å²) in [5.41, 5.74) is 1.65. The SMILES string of the molecule is CC(C)C1=C[C@@H]2CC[C@@H]3[C@](C)(CCC[C@@]3(C)O)[C@H]2CC1. The lowest BCUT2D eigenvalue weighted by molar-refractivity contribution is -0.148. The van der Waals surface area contributed by atoms with Gasteiger partial charge in [0.2, 0.25) is 0 Å². The predicted octanol–water partition coefficient (Wildman–Crippen LogP) is 4.95. The fourth-order valence-corrected chi connectivity index (χ4v) is 5.92. The van der Waals surface area contributed by atoms with Gasteiger partial charge in [-0.3, -0.25) is 0 Å². The Hall–Kier alpha value is -0.300. The lowest BCUT2D eigenvalue weighted by Crippen LogP contribution is -2.55. The maximum atomic E-state index is 10.8. The van der Waals surface area contributed by atoms with Gasteiger partial charge in [0.25, 0.3) is 0 Å². The molecule has 1 heteroatoms. The van der Waals surface area contributed by atoms with Crippen LogP contribution in [0, 0.1) is 29.1 Å². The maximum absolute atomic E-state index is 10.8. The van der Waals surface area contributed by atoms with Gasteiger partial charge in [-0.05, 0) is 74.5 Å². The third-order valence-electron chi connectivity index (χ3n) is 7.01. The molecule has 1 N–H and O–H groups in total. The molecule has 3 aliphatic carbocycles. The van der Waals surface area contributed by atoms with E-state index in [1.807, 2.05) is 0 Å². The van der Waals surface area contributed by atoms with E-state index in [1.165, 1.54) is 38.5 Å². The Kier molecular flexibility index (Phi) is 3.56. The molecule has 114 valence electrons. The van der Waals surface area contributed by atoms with Crippen molar-refractivity contribution in [2.24, 2.45) is 29.1 Å². The molecule has 3 aliphatic rings. The molecule has 0 spiro atoms. The smallest absolute Gasteiger partial charge is 0.0653 e. The molecule has 0 bridgehead atoms. The van der Waals surface area contributed by atoms with Gasteiger partial charge in [-0.1, -0.05) is 38.8 Å². The third kappa shape index (κ3) is 2.17. The van der Waals surface area contributed by atoms with Gasteiger partial charge in [0.05, 0.1) is 5.60 Å². The van der Waals surface area contributed by atoms with Crippen molar-refractivity contribution in [2.75, 3.05) is 0 Å². The van der Waals surface area contributed by atoms with Gasteiger partial charge >= 0.3 is 0 Å². The number of aliphatic hydroxyl groups is 1. The standard InChI is InChI=1S/C19H32O/c1-13(2)14-6-8-16-15(12-14)7-9-17-18(16,3)10-5-11-19(17,4)20/h12-13,15-17,20H,5-11H2,1-4H3/t15-,16-,17+,18+,19+/m0/s1. The molecule has 0 unspecified atom stereocenters. The number of allylic oxidation sites excluding steroid dienone is 2. The van der Waals surface area contributed by atoms with Crippen LogP contribution in [0.2, 0.25) is 0 Å². The van der Waals surface area contributed by atoms with E-state index < -0.39 is 5.60 Å². The van der Waals surface area contributed by atoms with Gasteiger partial charge in [-0.25, -0.2) is 0 Å². The van der Waals surface area contributed by atoms with Crippen molar-refractivity contribution in [2.45, 2.75) is 78.2 Å². The van der Waals surface area contributed by atoms with Gasteiger partial charge in [0.15, 0.2) is 0 Å². The molecule has 20 heavy (non-hydrogen) atoms. The average Bonchev–Trinajstić information content (AvgIpc) is 2.37. The number of fused-ring (bicyclic) bond motifs is 3. The Morgan fingerprint density at radius 3 is 2.60 bits per heavy atom. The van der Waals surface area contributed by atoms with Gasteiger partial charge in [-0.15, -0.1) is 0 Å². The average molecular weight is 276 g/mol. The van der Waals surface area contributed by atoms with Crippen molar-refractivity contribution in [3.8, 4) is 0 Å². The lowest BCUT2D eigenvalue weighted by Gasteiger charge is -2.59. The van der Waals surface area contributed by atoms with Crippen LogP contribution in [0.1, 0.15) is 72.6 Å². The fourth-order valence-electron chi connectivity index (χ4n) is 5.92. The highest BCUT2D eigenvalue weighted by Gasteiger charge is 2.55. The van der Waals surface area contributed by atoms with Crippen LogP contribution >= 0.6 is 0 Å². The lowest BCUT2D eigenvalue weighted by atomic mass is 9.47. The summed E-state index contributed by atoms with van der Waals surface area (Å²) >= 11 is 0. The van der Waals surface area contributed by atoms with Gasteiger partial charge in [0, 0.05) is 0 Å². The highest BCUT2D eigenvalue weighted by Crippen LogP contribution is 2.61. The molecule has 0 heterocycles. The van der Waals surface area contributed by atoms with Crippen LogP contribution in [0.5, 0.6) is 0 Å². The highest BCUT2D eigenvalue weighted by atomic mass is 16.3. The monoisotopic (exact) mass is 276 g/mol. The first-order chi connectivity index (χ1) is 9.34. The third-order valence-corrected chi connectivity index (χ3v) is 7.01. The minimum absolute atomic E-state index is 0.379. The summed E-state index contributed by atoms with van der Waals surface area (Å²) in [4.78, 5) is 0. The first-order valence-electron chi connectivity index (χ1n) is 8.77. The zero-order valence-corrected chi connectivity index (χ0v) is 13.8. The van der Waals surface area contributed by atoms with Crippen LogP contribution in [0.4, 0.5) is 0 Å². The Bertz CT molecular complexity index is 406. The molecule has 0 saturated heterocycles. The summed E-state index contributed by atoms with van der Waals surface area (Å²) in [7, 11) is 0. The van der Waals surface area contributed by atoms with E-state index in [-0.39, 0.29) is 0 Å². The quantitative estimate of drug-likeness (QED) is 0.672. The summed E-state index contributed by atoms with van der Waals surface area (Å²) in [5.74, 6) is 2.85. The molecule has 0 aromatic heterocycles. The molecule has 2 saturated carbocycles. The van der Waals surface area contributed by atoms with E-state index in [2.05, 4.69) is 33.8 Å². The normalized spacial score (nSPS) is 48.5. The summed E-state index contributed by atoms with van der Waals surface area (Å²) in [6.45, 7) is 9.28. The molecule has 0 amide bonds. The van der Waals surface area contributed by atoms with E-state index in [0.29, 0.717) is 11.3 Å². The second kappa shape index (κ2) is 4.87. The van der Waals surface area contributed by atoms with Crippen molar-refractivity contribution >= 4 is 0 Å². The highest BCUT2D eigenvalue weighted by molar-refractivity contribution is 5.17.